The van der Waals surface area contributed by atoms with Crippen LogP contribution >= 0.6 is 15.2 Å². The number of aliphatic hydroxyl groups excluding tert-OH is 1. The Morgan fingerprint density at radius 2 is 1.36 bits per heavy atom. The molecule has 0 spiro atoms. The SMILES string of the molecule is O=P(O)(O)C(NCC(O)O)P(=O)(O)O. The molecule has 0 aromatic heterocycles. The molecule has 0 aromatic rings. The fourth-order valence-corrected chi connectivity index (χ4v) is 2.90. The molecule has 0 bridgehead atoms. The van der Waals surface area contributed by atoms with Gasteiger partial charge in [-0.15, -0.1) is 0 Å². The Morgan fingerprint density at radius 1 is 1.00 bits per heavy atom. The maximum Gasteiger partial charge on any atom is 0.354 e. The first-order valence-corrected chi connectivity index (χ1v) is 6.61. The second-order valence-corrected chi connectivity index (χ2v) is 6.24. The number of nitrogens with one attached hydrogen (secondary N) is 1. The first kappa shape index (κ1) is 14.2. The molecule has 0 radical (unpaired) electrons. The van der Waals surface area contributed by atoms with Gasteiger partial charge in [0.15, 0.2) is 6.29 Å². The van der Waals surface area contributed by atoms with Crippen molar-refractivity contribution in [1.29, 1.82) is 0 Å². The van der Waals surface area contributed by atoms with Gasteiger partial charge in [0.1, 0.15) is 0 Å². The summed E-state index contributed by atoms with van der Waals surface area (Å²) in [4.78, 5) is 34.1. The zero-order valence-electron chi connectivity index (χ0n) is 6.76. The summed E-state index contributed by atoms with van der Waals surface area (Å²) in [5.41, 5.74) is -2.42. The molecule has 0 unspecified atom stereocenters. The van der Waals surface area contributed by atoms with Crippen molar-refractivity contribution in [3.05, 3.63) is 0 Å². The highest BCUT2D eigenvalue weighted by Crippen LogP contribution is 2.58. The summed E-state index contributed by atoms with van der Waals surface area (Å²) in [6.45, 7) is -0.763. The van der Waals surface area contributed by atoms with Crippen LogP contribution in [-0.2, 0) is 9.13 Å². The molecule has 0 fully saturated rings. The van der Waals surface area contributed by atoms with E-state index in [9.17, 15) is 9.13 Å². The molecule has 0 heterocycles. The molecule has 0 saturated heterocycles. The molecule has 0 aliphatic rings. The van der Waals surface area contributed by atoms with E-state index in [4.69, 9.17) is 29.8 Å². The van der Waals surface area contributed by atoms with Gasteiger partial charge in [-0.1, -0.05) is 0 Å². The van der Waals surface area contributed by atoms with Crippen LogP contribution in [0.3, 0.4) is 0 Å². The minimum atomic E-state index is -5.05. The normalized spacial score (nSPS) is 14.0. The topological polar surface area (TPSA) is 168 Å². The van der Waals surface area contributed by atoms with Crippen molar-refractivity contribution in [3.8, 4) is 0 Å². The summed E-state index contributed by atoms with van der Waals surface area (Å²) in [5, 5.41) is 18.3. The van der Waals surface area contributed by atoms with E-state index in [2.05, 4.69) is 0 Å². The summed E-state index contributed by atoms with van der Waals surface area (Å²) < 4.78 is 21.1. The summed E-state index contributed by atoms with van der Waals surface area (Å²) in [6.07, 6.45) is -1.96. The van der Waals surface area contributed by atoms with Gasteiger partial charge in [0.05, 0.1) is 0 Å². The molecular weight excluding hydrogens is 240 g/mol. The molecule has 9 nitrogen and oxygen atoms in total. The van der Waals surface area contributed by atoms with Crippen molar-refractivity contribution in [2.24, 2.45) is 0 Å². The van der Waals surface area contributed by atoms with Crippen LogP contribution in [0, 0.1) is 0 Å². The molecule has 0 aromatic carbocycles. The molecule has 0 atom stereocenters. The van der Waals surface area contributed by atoms with Crippen LogP contribution in [0.5, 0.6) is 0 Å². The van der Waals surface area contributed by atoms with Crippen molar-refractivity contribution in [2.75, 3.05) is 6.54 Å². The van der Waals surface area contributed by atoms with E-state index in [1.807, 2.05) is 0 Å². The monoisotopic (exact) mass is 251 g/mol. The van der Waals surface area contributed by atoms with E-state index < -0.39 is 33.6 Å². The van der Waals surface area contributed by atoms with Gasteiger partial charge in [0, 0.05) is 6.54 Å². The number of hydrogen-bond donors (Lipinski definition) is 7. The Labute approximate surface area is 78.7 Å². The molecule has 0 aliphatic carbocycles. The van der Waals surface area contributed by atoms with Crippen LogP contribution in [0.4, 0.5) is 0 Å². The van der Waals surface area contributed by atoms with Gasteiger partial charge in [0.2, 0.25) is 5.52 Å². The van der Waals surface area contributed by atoms with Crippen LogP contribution in [0.1, 0.15) is 0 Å². The van der Waals surface area contributed by atoms with E-state index in [0.717, 1.165) is 0 Å². The molecule has 11 heteroatoms. The van der Waals surface area contributed by atoms with E-state index in [-0.39, 0.29) is 0 Å². The van der Waals surface area contributed by atoms with Crippen molar-refractivity contribution in [1.82, 2.24) is 5.32 Å². The predicted octanol–water partition coefficient (Wildman–Crippen LogP) is -2.47. The Morgan fingerprint density at radius 3 is 1.57 bits per heavy atom. The molecule has 0 aliphatic heterocycles. The number of hydrogen-bond acceptors (Lipinski definition) is 5. The summed E-state index contributed by atoms with van der Waals surface area (Å²) in [5.74, 6) is 0. The Kier molecular flexibility index (Phi) is 4.86. The van der Waals surface area contributed by atoms with Gasteiger partial charge in [-0.05, 0) is 0 Å². The van der Waals surface area contributed by atoms with Crippen molar-refractivity contribution in [2.45, 2.75) is 11.8 Å². The average Bonchev–Trinajstić information content (AvgIpc) is 1.78. The Balaban J connectivity index is 4.61. The minimum Gasteiger partial charge on any atom is -0.367 e. The maximum atomic E-state index is 10.6. The van der Waals surface area contributed by atoms with Crippen LogP contribution in [0.25, 0.3) is 0 Å². The largest absolute Gasteiger partial charge is 0.367 e. The lowest BCUT2D eigenvalue weighted by molar-refractivity contribution is -0.0370. The molecule has 7 N–H and O–H groups in total. The quantitative estimate of drug-likeness (QED) is 0.207. The zero-order valence-corrected chi connectivity index (χ0v) is 8.54. The van der Waals surface area contributed by atoms with Gasteiger partial charge in [0.25, 0.3) is 0 Å². The molecule has 14 heavy (non-hydrogen) atoms. The van der Waals surface area contributed by atoms with Gasteiger partial charge in [-0.3, -0.25) is 14.4 Å². The first-order valence-electron chi connectivity index (χ1n) is 3.25. The number of aliphatic hydroxyl groups is 2. The second-order valence-electron chi connectivity index (χ2n) is 2.44. The van der Waals surface area contributed by atoms with Crippen LogP contribution in [0.15, 0.2) is 0 Å². The molecular formula is C3H11NO8P2. The van der Waals surface area contributed by atoms with Crippen molar-refractivity contribution in [3.63, 3.8) is 0 Å². The van der Waals surface area contributed by atoms with Gasteiger partial charge >= 0.3 is 15.2 Å². The van der Waals surface area contributed by atoms with E-state index >= 15 is 0 Å². The van der Waals surface area contributed by atoms with E-state index in [1.165, 1.54) is 0 Å². The Bertz CT molecular complexity index is 244. The third-order valence-corrected chi connectivity index (χ3v) is 4.56. The van der Waals surface area contributed by atoms with Crippen molar-refractivity contribution < 1.29 is 38.9 Å². The molecule has 0 rings (SSSR count). The van der Waals surface area contributed by atoms with Gasteiger partial charge in [-0.25, -0.2) is 0 Å². The zero-order chi connectivity index (χ0) is 11.6. The Hall–Kier alpha value is 0.180. The van der Waals surface area contributed by atoms with Crippen LogP contribution in [-0.4, -0.2) is 48.1 Å². The highest BCUT2D eigenvalue weighted by Gasteiger charge is 2.43. The van der Waals surface area contributed by atoms with Crippen LogP contribution < -0.4 is 5.32 Å². The lowest BCUT2D eigenvalue weighted by Gasteiger charge is -2.20. The molecule has 86 valence electrons. The maximum absolute atomic E-state index is 10.6. The van der Waals surface area contributed by atoms with Gasteiger partial charge in [-0.2, -0.15) is 0 Å². The minimum absolute atomic E-state index is 0.763. The van der Waals surface area contributed by atoms with E-state index in [1.54, 1.807) is 5.32 Å². The third kappa shape index (κ3) is 5.16. The van der Waals surface area contributed by atoms with Crippen molar-refractivity contribution >= 4 is 15.2 Å². The lowest BCUT2D eigenvalue weighted by atomic mass is 10.6. The first-order chi connectivity index (χ1) is 6.05. The fourth-order valence-electron chi connectivity index (χ4n) is 0.645. The average molecular weight is 251 g/mol. The van der Waals surface area contributed by atoms with Gasteiger partial charge < -0.3 is 29.8 Å². The van der Waals surface area contributed by atoms with Crippen LogP contribution in [0.2, 0.25) is 0 Å². The second kappa shape index (κ2) is 4.80. The lowest BCUT2D eigenvalue weighted by Crippen LogP contribution is -2.35. The predicted molar refractivity (Wildman–Crippen MR) is 44.1 cm³/mol. The smallest absolute Gasteiger partial charge is 0.354 e. The van der Waals surface area contributed by atoms with E-state index in [0.29, 0.717) is 0 Å². The number of rotatable bonds is 5. The summed E-state index contributed by atoms with van der Waals surface area (Å²) in [6, 6.07) is 0. The summed E-state index contributed by atoms with van der Waals surface area (Å²) >= 11 is 0. The highest BCUT2D eigenvalue weighted by atomic mass is 31.2. The molecule has 0 amide bonds. The highest BCUT2D eigenvalue weighted by molar-refractivity contribution is 7.70. The fraction of sp³-hybridized carbons (Fsp3) is 1.00. The standard InChI is InChI=1S/C3H11NO8P2/c5-2(6)1-4-3(13(7,8)9)14(10,11)12/h2-6H,1H2,(H2,7,8,9)(H2,10,11,12). The summed E-state index contributed by atoms with van der Waals surface area (Å²) in [7, 11) is -10.1. The molecule has 0 saturated carbocycles. The third-order valence-electron chi connectivity index (χ3n) is 1.12.